The van der Waals surface area contributed by atoms with Crippen molar-refractivity contribution in [3.8, 4) is 0 Å². The second-order valence-electron chi connectivity index (χ2n) is 6.69. The Bertz CT molecular complexity index is 437. The normalized spacial score (nSPS) is 27.1. The highest BCUT2D eigenvalue weighted by Crippen LogP contribution is 2.33. The zero-order valence-electron chi connectivity index (χ0n) is 13.5. The molecule has 21 heavy (non-hydrogen) atoms. The SMILES string of the molecule is CCCNC1c2ccccc2CCCC1N1CCCCC1. The third kappa shape index (κ3) is 3.49. The molecule has 0 radical (unpaired) electrons. The average molecular weight is 286 g/mol. The molecule has 116 valence electrons. The summed E-state index contributed by atoms with van der Waals surface area (Å²) < 4.78 is 0. The first kappa shape index (κ1) is 15.1. The minimum atomic E-state index is 0.529. The van der Waals surface area contributed by atoms with Gasteiger partial charge in [0, 0.05) is 12.1 Å². The predicted octanol–water partition coefficient (Wildman–Crippen LogP) is 3.92. The van der Waals surface area contributed by atoms with Gasteiger partial charge in [-0.2, -0.15) is 0 Å². The highest BCUT2D eigenvalue weighted by atomic mass is 15.2. The Balaban J connectivity index is 1.86. The van der Waals surface area contributed by atoms with Crippen molar-refractivity contribution in [2.75, 3.05) is 19.6 Å². The van der Waals surface area contributed by atoms with Crippen LogP contribution < -0.4 is 5.32 Å². The van der Waals surface area contributed by atoms with Gasteiger partial charge in [0.25, 0.3) is 0 Å². The molecule has 0 spiro atoms. The van der Waals surface area contributed by atoms with Crippen LogP contribution in [0.25, 0.3) is 0 Å². The van der Waals surface area contributed by atoms with E-state index in [2.05, 4.69) is 41.4 Å². The van der Waals surface area contributed by atoms with Gasteiger partial charge in [-0.25, -0.2) is 0 Å². The van der Waals surface area contributed by atoms with Gasteiger partial charge in [-0.15, -0.1) is 0 Å². The van der Waals surface area contributed by atoms with E-state index < -0.39 is 0 Å². The molecule has 2 nitrogen and oxygen atoms in total. The lowest BCUT2D eigenvalue weighted by Crippen LogP contribution is -2.46. The maximum atomic E-state index is 3.87. The summed E-state index contributed by atoms with van der Waals surface area (Å²) in [6.07, 6.45) is 9.35. The van der Waals surface area contributed by atoms with Crippen molar-refractivity contribution in [2.24, 2.45) is 0 Å². The van der Waals surface area contributed by atoms with Crippen LogP contribution >= 0.6 is 0 Å². The van der Waals surface area contributed by atoms with E-state index in [-0.39, 0.29) is 0 Å². The first-order valence-electron chi connectivity index (χ1n) is 8.95. The summed E-state index contributed by atoms with van der Waals surface area (Å²) in [5.41, 5.74) is 3.14. The number of fused-ring (bicyclic) bond motifs is 1. The number of hydrogen-bond donors (Lipinski definition) is 1. The standard InChI is InChI=1S/C19H30N2/c1-2-13-20-19-17-11-5-4-9-16(17)10-8-12-18(19)21-14-6-3-7-15-21/h4-5,9,11,18-20H,2-3,6-8,10,12-15H2,1H3. The van der Waals surface area contributed by atoms with Crippen molar-refractivity contribution in [1.82, 2.24) is 10.2 Å². The van der Waals surface area contributed by atoms with Crippen LogP contribution in [-0.4, -0.2) is 30.6 Å². The molecule has 1 aliphatic heterocycles. The van der Waals surface area contributed by atoms with E-state index in [0.717, 1.165) is 6.54 Å². The Morgan fingerprint density at radius 3 is 2.71 bits per heavy atom. The third-order valence-electron chi connectivity index (χ3n) is 5.19. The Morgan fingerprint density at radius 2 is 1.90 bits per heavy atom. The zero-order chi connectivity index (χ0) is 14.5. The minimum absolute atomic E-state index is 0.529. The number of piperidine rings is 1. The van der Waals surface area contributed by atoms with Gasteiger partial charge < -0.3 is 5.32 Å². The molecule has 1 fully saturated rings. The van der Waals surface area contributed by atoms with Gasteiger partial charge in [-0.3, -0.25) is 4.90 Å². The van der Waals surface area contributed by atoms with Crippen LogP contribution in [0.5, 0.6) is 0 Å². The van der Waals surface area contributed by atoms with E-state index in [1.54, 1.807) is 11.1 Å². The van der Waals surface area contributed by atoms with Gasteiger partial charge in [0.05, 0.1) is 0 Å². The summed E-state index contributed by atoms with van der Waals surface area (Å²) in [6.45, 7) is 6.00. The van der Waals surface area contributed by atoms with E-state index in [0.29, 0.717) is 12.1 Å². The molecule has 0 amide bonds. The van der Waals surface area contributed by atoms with Crippen molar-refractivity contribution in [2.45, 2.75) is 64.0 Å². The number of rotatable bonds is 4. The predicted molar refractivity (Wildman–Crippen MR) is 89.6 cm³/mol. The summed E-state index contributed by atoms with van der Waals surface area (Å²) in [5, 5.41) is 3.87. The highest BCUT2D eigenvalue weighted by Gasteiger charge is 2.31. The molecule has 0 bridgehead atoms. The highest BCUT2D eigenvalue weighted by molar-refractivity contribution is 5.32. The molecule has 2 heteroatoms. The lowest BCUT2D eigenvalue weighted by Gasteiger charge is -2.39. The number of hydrogen-bond acceptors (Lipinski definition) is 2. The fourth-order valence-electron chi connectivity index (χ4n) is 4.13. The van der Waals surface area contributed by atoms with Crippen LogP contribution in [0.4, 0.5) is 0 Å². The van der Waals surface area contributed by atoms with Crippen LogP contribution in [0.3, 0.4) is 0 Å². The maximum absolute atomic E-state index is 3.87. The number of likely N-dealkylation sites (tertiary alicyclic amines) is 1. The van der Waals surface area contributed by atoms with Crippen molar-refractivity contribution in [3.05, 3.63) is 35.4 Å². The largest absolute Gasteiger partial charge is 0.309 e. The summed E-state index contributed by atoms with van der Waals surface area (Å²) in [5.74, 6) is 0. The van der Waals surface area contributed by atoms with Gasteiger partial charge in [0.1, 0.15) is 0 Å². The van der Waals surface area contributed by atoms with Crippen molar-refractivity contribution in [3.63, 3.8) is 0 Å². The first-order valence-corrected chi connectivity index (χ1v) is 8.95. The molecule has 1 aliphatic carbocycles. The second kappa shape index (κ2) is 7.42. The first-order chi connectivity index (χ1) is 10.4. The zero-order valence-corrected chi connectivity index (χ0v) is 13.5. The van der Waals surface area contributed by atoms with E-state index in [1.165, 1.54) is 58.0 Å². The second-order valence-corrected chi connectivity index (χ2v) is 6.69. The molecular formula is C19H30N2. The Labute approximate surface area is 129 Å². The van der Waals surface area contributed by atoms with Gasteiger partial charge in [-0.05, 0) is 69.3 Å². The summed E-state index contributed by atoms with van der Waals surface area (Å²) >= 11 is 0. The van der Waals surface area contributed by atoms with Gasteiger partial charge >= 0.3 is 0 Å². The third-order valence-corrected chi connectivity index (χ3v) is 5.19. The lowest BCUT2D eigenvalue weighted by molar-refractivity contribution is 0.123. The molecule has 2 unspecified atom stereocenters. The van der Waals surface area contributed by atoms with Crippen molar-refractivity contribution >= 4 is 0 Å². The van der Waals surface area contributed by atoms with Crippen LogP contribution in [-0.2, 0) is 6.42 Å². The fraction of sp³-hybridized carbons (Fsp3) is 0.684. The quantitative estimate of drug-likeness (QED) is 0.844. The number of nitrogens with one attached hydrogen (secondary N) is 1. The van der Waals surface area contributed by atoms with Gasteiger partial charge in [0.15, 0.2) is 0 Å². The Kier molecular flexibility index (Phi) is 5.32. The smallest absolute Gasteiger partial charge is 0.0480 e. The monoisotopic (exact) mass is 286 g/mol. The summed E-state index contributed by atoms with van der Waals surface area (Å²) in [6, 6.07) is 10.4. The van der Waals surface area contributed by atoms with E-state index >= 15 is 0 Å². The molecule has 2 atom stereocenters. The molecule has 3 rings (SSSR count). The fourth-order valence-corrected chi connectivity index (χ4v) is 4.13. The molecule has 0 aromatic heterocycles. The Morgan fingerprint density at radius 1 is 1.10 bits per heavy atom. The molecule has 1 aromatic rings. The lowest BCUT2D eigenvalue weighted by atomic mass is 9.93. The molecule has 1 N–H and O–H groups in total. The average Bonchev–Trinajstić information content (AvgIpc) is 2.73. The molecule has 1 saturated heterocycles. The van der Waals surface area contributed by atoms with Crippen molar-refractivity contribution in [1.29, 1.82) is 0 Å². The van der Waals surface area contributed by atoms with Gasteiger partial charge in [0.2, 0.25) is 0 Å². The van der Waals surface area contributed by atoms with Crippen LogP contribution in [0, 0.1) is 0 Å². The molecule has 2 aliphatic rings. The molecule has 0 saturated carbocycles. The van der Waals surface area contributed by atoms with Crippen molar-refractivity contribution < 1.29 is 0 Å². The summed E-state index contributed by atoms with van der Waals surface area (Å²) in [7, 11) is 0. The van der Waals surface area contributed by atoms with Crippen LogP contribution in [0.2, 0.25) is 0 Å². The summed E-state index contributed by atoms with van der Waals surface area (Å²) in [4.78, 5) is 2.78. The van der Waals surface area contributed by atoms with E-state index in [1.807, 2.05) is 0 Å². The number of aryl methyl sites for hydroxylation is 1. The molecule has 1 heterocycles. The van der Waals surface area contributed by atoms with Crippen LogP contribution in [0.1, 0.15) is 62.6 Å². The van der Waals surface area contributed by atoms with Crippen LogP contribution in [0.15, 0.2) is 24.3 Å². The van der Waals surface area contributed by atoms with E-state index in [9.17, 15) is 0 Å². The Hall–Kier alpha value is -0.860. The minimum Gasteiger partial charge on any atom is -0.309 e. The topological polar surface area (TPSA) is 15.3 Å². The number of benzene rings is 1. The maximum Gasteiger partial charge on any atom is 0.0480 e. The molecule has 1 aromatic carbocycles. The number of nitrogens with zero attached hydrogens (tertiary/aromatic N) is 1. The van der Waals surface area contributed by atoms with Gasteiger partial charge in [-0.1, -0.05) is 37.6 Å². The molecular weight excluding hydrogens is 256 g/mol. The van der Waals surface area contributed by atoms with E-state index in [4.69, 9.17) is 0 Å².